The Labute approximate surface area is 165 Å². The number of hydrogen-bond donors (Lipinski definition) is 3. The molecule has 3 rings (SSSR count). The van der Waals surface area contributed by atoms with E-state index in [0.717, 1.165) is 0 Å². The number of allylic oxidation sites excluding steroid dienone is 1. The van der Waals surface area contributed by atoms with Crippen molar-refractivity contribution in [2.24, 2.45) is 0 Å². The SMILES string of the molecule is CC1=C(C(=O)Nc2ccc(Cl)cc2)C(c2ccc([N+](=O)[O-])cc2)NC(=S)N1. The third-order valence-corrected chi connectivity index (χ3v) is 4.52. The van der Waals surface area contributed by atoms with Crippen molar-refractivity contribution in [3.8, 4) is 0 Å². The Hall–Kier alpha value is -2.97. The van der Waals surface area contributed by atoms with Crippen molar-refractivity contribution in [1.82, 2.24) is 10.6 Å². The molecule has 1 aliphatic rings. The second kappa shape index (κ2) is 7.73. The Morgan fingerprint density at radius 1 is 1.19 bits per heavy atom. The van der Waals surface area contributed by atoms with E-state index in [1.807, 2.05) is 0 Å². The van der Waals surface area contributed by atoms with Gasteiger partial charge in [0.1, 0.15) is 0 Å². The van der Waals surface area contributed by atoms with Crippen LogP contribution in [0.2, 0.25) is 5.02 Å². The van der Waals surface area contributed by atoms with Gasteiger partial charge in [0.05, 0.1) is 16.5 Å². The van der Waals surface area contributed by atoms with Gasteiger partial charge in [-0.2, -0.15) is 0 Å². The minimum Gasteiger partial charge on any atom is -0.351 e. The van der Waals surface area contributed by atoms with Crippen LogP contribution in [0.5, 0.6) is 0 Å². The van der Waals surface area contributed by atoms with Crippen molar-refractivity contribution in [2.45, 2.75) is 13.0 Å². The summed E-state index contributed by atoms with van der Waals surface area (Å²) in [5, 5.41) is 20.6. The number of benzene rings is 2. The number of thiocarbonyl (C=S) groups is 1. The zero-order chi connectivity index (χ0) is 19.6. The van der Waals surface area contributed by atoms with E-state index in [1.54, 1.807) is 43.3 Å². The van der Waals surface area contributed by atoms with Gasteiger partial charge in [0.2, 0.25) is 0 Å². The Balaban J connectivity index is 1.92. The molecule has 1 aliphatic heterocycles. The number of rotatable bonds is 4. The Kier molecular flexibility index (Phi) is 5.38. The highest BCUT2D eigenvalue weighted by molar-refractivity contribution is 7.80. The van der Waals surface area contributed by atoms with E-state index in [1.165, 1.54) is 12.1 Å². The Bertz CT molecular complexity index is 942. The van der Waals surface area contributed by atoms with Gasteiger partial charge in [-0.15, -0.1) is 0 Å². The van der Waals surface area contributed by atoms with Gasteiger partial charge in [0, 0.05) is 28.5 Å². The van der Waals surface area contributed by atoms with Crippen LogP contribution in [0.4, 0.5) is 11.4 Å². The van der Waals surface area contributed by atoms with E-state index >= 15 is 0 Å². The lowest BCUT2D eigenvalue weighted by Crippen LogP contribution is -2.45. The predicted molar refractivity (Wildman–Crippen MR) is 107 cm³/mol. The molecule has 2 aromatic carbocycles. The van der Waals surface area contributed by atoms with Crippen LogP contribution in [-0.2, 0) is 4.79 Å². The predicted octanol–water partition coefficient (Wildman–Crippen LogP) is 3.68. The highest BCUT2D eigenvalue weighted by Gasteiger charge is 2.30. The molecule has 1 atom stereocenters. The summed E-state index contributed by atoms with van der Waals surface area (Å²) in [6, 6.07) is 12.2. The molecular formula is C18H15ClN4O3S. The number of carbonyl (C=O) groups is 1. The number of carbonyl (C=O) groups excluding carboxylic acids is 1. The molecule has 1 unspecified atom stereocenters. The number of nitro groups is 1. The monoisotopic (exact) mass is 402 g/mol. The van der Waals surface area contributed by atoms with Crippen LogP contribution in [0.1, 0.15) is 18.5 Å². The molecular weight excluding hydrogens is 388 g/mol. The number of nitro benzene ring substituents is 1. The number of halogens is 1. The van der Waals surface area contributed by atoms with Crippen molar-refractivity contribution < 1.29 is 9.72 Å². The molecule has 0 spiro atoms. The molecule has 0 fully saturated rings. The van der Waals surface area contributed by atoms with Crippen LogP contribution in [0.3, 0.4) is 0 Å². The van der Waals surface area contributed by atoms with Crippen LogP contribution >= 0.6 is 23.8 Å². The molecule has 3 N–H and O–H groups in total. The summed E-state index contributed by atoms with van der Waals surface area (Å²) >= 11 is 11.1. The maximum absolute atomic E-state index is 12.9. The normalized spacial score (nSPS) is 16.4. The van der Waals surface area contributed by atoms with E-state index < -0.39 is 11.0 Å². The first-order chi connectivity index (χ1) is 12.8. The van der Waals surface area contributed by atoms with Crippen LogP contribution in [0.25, 0.3) is 0 Å². The lowest BCUT2D eigenvalue weighted by Gasteiger charge is -2.30. The third kappa shape index (κ3) is 4.24. The average Bonchev–Trinajstić information content (AvgIpc) is 2.63. The van der Waals surface area contributed by atoms with Crippen molar-refractivity contribution in [2.75, 3.05) is 5.32 Å². The molecule has 0 radical (unpaired) electrons. The maximum Gasteiger partial charge on any atom is 0.269 e. The summed E-state index contributed by atoms with van der Waals surface area (Å²) in [4.78, 5) is 23.3. The van der Waals surface area contributed by atoms with Crippen molar-refractivity contribution in [3.63, 3.8) is 0 Å². The van der Waals surface area contributed by atoms with E-state index in [0.29, 0.717) is 32.7 Å². The summed E-state index contributed by atoms with van der Waals surface area (Å²) in [6.07, 6.45) is 0. The highest BCUT2D eigenvalue weighted by atomic mass is 35.5. The fraction of sp³-hybridized carbons (Fsp3) is 0.111. The number of anilines is 1. The molecule has 0 aromatic heterocycles. The molecule has 7 nitrogen and oxygen atoms in total. The van der Waals surface area contributed by atoms with Crippen LogP contribution in [-0.4, -0.2) is 15.9 Å². The molecule has 27 heavy (non-hydrogen) atoms. The van der Waals surface area contributed by atoms with Crippen LogP contribution < -0.4 is 16.0 Å². The van der Waals surface area contributed by atoms with Crippen LogP contribution in [0.15, 0.2) is 59.8 Å². The number of non-ortho nitro benzene ring substituents is 1. The molecule has 0 bridgehead atoms. The Morgan fingerprint density at radius 2 is 1.81 bits per heavy atom. The van der Waals surface area contributed by atoms with Gasteiger partial charge < -0.3 is 16.0 Å². The number of hydrogen-bond acceptors (Lipinski definition) is 4. The first kappa shape index (κ1) is 18.8. The lowest BCUT2D eigenvalue weighted by molar-refractivity contribution is -0.384. The van der Waals surface area contributed by atoms with Gasteiger partial charge in [-0.05, 0) is 61.1 Å². The fourth-order valence-electron chi connectivity index (χ4n) is 2.77. The first-order valence-electron chi connectivity index (χ1n) is 7.94. The summed E-state index contributed by atoms with van der Waals surface area (Å²) < 4.78 is 0. The van der Waals surface area contributed by atoms with Gasteiger partial charge in [0.25, 0.3) is 11.6 Å². The number of nitrogens with zero attached hydrogens (tertiary/aromatic N) is 1. The summed E-state index contributed by atoms with van der Waals surface area (Å²) in [5.74, 6) is -0.319. The quantitative estimate of drug-likeness (QED) is 0.410. The maximum atomic E-state index is 12.9. The number of amides is 1. The third-order valence-electron chi connectivity index (χ3n) is 4.05. The molecule has 1 heterocycles. The molecule has 1 amide bonds. The smallest absolute Gasteiger partial charge is 0.269 e. The highest BCUT2D eigenvalue weighted by Crippen LogP contribution is 2.29. The zero-order valence-electron chi connectivity index (χ0n) is 14.2. The topological polar surface area (TPSA) is 96.3 Å². The minimum atomic E-state index is -0.535. The molecule has 0 saturated heterocycles. The molecule has 2 aromatic rings. The van der Waals surface area contributed by atoms with Gasteiger partial charge in [0.15, 0.2) is 5.11 Å². The second-order valence-electron chi connectivity index (χ2n) is 5.88. The summed E-state index contributed by atoms with van der Waals surface area (Å²) in [7, 11) is 0. The average molecular weight is 403 g/mol. The second-order valence-corrected chi connectivity index (χ2v) is 6.72. The van der Waals surface area contributed by atoms with Crippen LogP contribution in [0, 0.1) is 10.1 Å². The van der Waals surface area contributed by atoms with Gasteiger partial charge in [-0.1, -0.05) is 11.6 Å². The lowest BCUT2D eigenvalue weighted by atomic mass is 9.94. The van der Waals surface area contributed by atoms with Crippen molar-refractivity contribution >= 4 is 46.2 Å². The standard InChI is InChI=1S/C18H15ClN4O3S/c1-10-15(17(24)21-13-6-4-12(19)5-7-13)16(22-18(27)20-10)11-2-8-14(9-3-11)23(25)26/h2-9,16H,1H3,(H,21,24)(H2,20,22,27). The minimum absolute atomic E-state index is 0.0249. The van der Waals surface area contributed by atoms with Crippen molar-refractivity contribution in [3.05, 3.63) is 80.5 Å². The van der Waals surface area contributed by atoms with Gasteiger partial charge in [-0.25, -0.2) is 0 Å². The van der Waals surface area contributed by atoms with E-state index in [-0.39, 0.29) is 11.6 Å². The van der Waals surface area contributed by atoms with E-state index in [2.05, 4.69) is 16.0 Å². The largest absolute Gasteiger partial charge is 0.351 e. The molecule has 138 valence electrons. The first-order valence-corrected chi connectivity index (χ1v) is 8.73. The molecule has 9 heteroatoms. The summed E-state index contributed by atoms with van der Waals surface area (Å²) in [5.41, 5.74) is 2.30. The zero-order valence-corrected chi connectivity index (χ0v) is 15.7. The fourth-order valence-corrected chi connectivity index (χ4v) is 3.16. The molecule has 0 aliphatic carbocycles. The van der Waals surface area contributed by atoms with Gasteiger partial charge in [-0.3, -0.25) is 14.9 Å². The van der Waals surface area contributed by atoms with Gasteiger partial charge >= 0.3 is 0 Å². The van der Waals surface area contributed by atoms with Crippen molar-refractivity contribution in [1.29, 1.82) is 0 Å². The number of nitrogens with one attached hydrogen (secondary N) is 3. The van der Waals surface area contributed by atoms with E-state index in [9.17, 15) is 14.9 Å². The molecule has 0 saturated carbocycles. The summed E-state index contributed by atoms with van der Waals surface area (Å²) in [6.45, 7) is 1.75. The Morgan fingerprint density at radius 3 is 2.41 bits per heavy atom. The van der Waals surface area contributed by atoms with E-state index in [4.69, 9.17) is 23.8 Å².